The van der Waals surface area contributed by atoms with Gasteiger partial charge in [-0.25, -0.2) is 13.1 Å². The smallest absolute Gasteiger partial charge is 0.243 e. The molecule has 3 aromatic rings. The van der Waals surface area contributed by atoms with Gasteiger partial charge in [0.05, 0.1) is 16.3 Å². The molecule has 0 saturated carbocycles. The van der Waals surface area contributed by atoms with Crippen molar-refractivity contribution in [2.24, 2.45) is 0 Å². The van der Waals surface area contributed by atoms with Crippen LogP contribution in [0.5, 0.6) is 0 Å². The van der Waals surface area contributed by atoms with E-state index in [-0.39, 0.29) is 23.9 Å². The van der Waals surface area contributed by atoms with Gasteiger partial charge in [-0.1, -0.05) is 29.8 Å². The Morgan fingerprint density at radius 2 is 1.61 bits per heavy atom. The van der Waals surface area contributed by atoms with Gasteiger partial charge in [-0.05, 0) is 62.2 Å². The number of para-hydroxylation sites is 1. The van der Waals surface area contributed by atoms with Crippen LogP contribution in [-0.2, 0) is 21.2 Å². The highest BCUT2D eigenvalue weighted by molar-refractivity contribution is 7.89. The Balaban J connectivity index is 1.36. The van der Waals surface area contributed by atoms with Crippen LogP contribution in [0.1, 0.15) is 23.4 Å². The standard InChI is InChI=1S/C24H27ClN4O3S/c1-18-23(19(2)29(26-18)21-6-4-3-5-7-21)12-13-24(30)27-14-16-28(17-15-27)33(31,32)22-10-8-20(25)9-11-22/h3-11H,12-17H2,1-2H3. The van der Waals surface area contributed by atoms with Crippen molar-refractivity contribution in [2.45, 2.75) is 31.6 Å². The average molecular weight is 487 g/mol. The number of nitrogens with zero attached hydrogens (tertiary/aromatic N) is 4. The molecule has 1 fully saturated rings. The highest BCUT2D eigenvalue weighted by Gasteiger charge is 2.30. The lowest BCUT2D eigenvalue weighted by atomic mass is 10.1. The van der Waals surface area contributed by atoms with Crippen molar-refractivity contribution in [1.29, 1.82) is 0 Å². The van der Waals surface area contributed by atoms with E-state index < -0.39 is 10.0 Å². The summed E-state index contributed by atoms with van der Waals surface area (Å²) >= 11 is 5.87. The maximum absolute atomic E-state index is 12.9. The van der Waals surface area contributed by atoms with Crippen LogP contribution in [0.3, 0.4) is 0 Å². The highest BCUT2D eigenvalue weighted by Crippen LogP contribution is 2.22. The summed E-state index contributed by atoms with van der Waals surface area (Å²) in [5.41, 5.74) is 4.03. The van der Waals surface area contributed by atoms with E-state index >= 15 is 0 Å². The largest absolute Gasteiger partial charge is 0.340 e. The van der Waals surface area contributed by atoms with Crippen molar-refractivity contribution < 1.29 is 13.2 Å². The minimum atomic E-state index is -3.59. The Kier molecular flexibility index (Phi) is 6.88. The quantitative estimate of drug-likeness (QED) is 0.533. The molecule has 7 nitrogen and oxygen atoms in total. The normalized spacial score (nSPS) is 15.1. The Morgan fingerprint density at radius 3 is 2.24 bits per heavy atom. The van der Waals surface area contributed by atoms with Gasteiger partial charge < -0.3 is 4.90 Å². The SMILES string of the molecule is Cc1nn(-c2ccccc2)c(C)c1CCC(=O)N1CCN(S(=O)(=O)c2ccc(Cl)cc2)CC1. The van der Waals surface area contributed by atoms with E-state index in [1.54, 1.807) is 17.0 Å². The van der Waals surface area contributed by atoms with Crippen molar-refractivity contribution in [3.8, 4) is 5.69 Å². The van der Waals surface area contributed by atoms with Crippen LogP contribution in [0.15, 0.2) is 59.5 Å². The molecule has 0 aliphatic carbocycles. The first-order valence-corrected chi connectivity index (χ1v) is 12.7. The van der Waals surface area contributed by atoms with E-state index in [2.05, 4.69) is 5.10 Å². The van der Waals surface area contributed by atoms with Crippen LogP contribution in [0.4, 0.5) is 0 Å². The van der Waals surface area contributed by atoms with E-state index in [1.165, 1.54) is 16.4 Å². The monoisotopic (exact) mass is 486 g/mol. The van der Waals surface area contributed by atoms with E-state index in [9.17, 15) is 13.2 Å². The van der Waals surface area contributed by atoms with Crippen molar-refractivity contribution in [3.05, 3.63) is 76.6 Å². The van der Waals surface area contributed by atoms with E-state index in [0.717, 1.165) is 22.6 Å². The molecule has 9 heteroatoms. The summed E-state index contributed by atoms with van der Waals surface area (Å²) in [5, 5.41) is 5.14. The molecule has 1 aliphatic heterocycles. The number of aromatic nitrogens is 2. The van der Waals surface area contributed by atoms with E-state index in [4.69, 9.17) is 11.6 Å². The third kappa shape index (κ3) is 4.98. The maximum atomic E-state index is 12.9. The summed E-state index contributed by atoms with van der Waals surface area (Å²) in [6.07, 6.45) is 0.971. The summed E-state index contributed by atoms with van der Waals surface area (Å²) < 4.78 is 29.0. The number of carbonyl (C=O) groups is 1. The molecule has 1 aliphatic rings. The number of piperazine rings is 1. The fourth-order valence-electron chi connectivity index (χ4n) is 4.18. The molecule has 0 radical (unpaired) electrons. The zero-order valence-electron chi connectivity index (χ0n) is 18.7. The van der Waals surface area contributed by atoms with E-state index in [0.29, 0.717) is 31.0 Å². The zero-order valence-corrected chi connectivity index (χ0v) is 20.3. The Hall–Kier alpha value is -2.68. The van der Waals surface area contributed by atoms with Crippen LogP contribution in [0.2, 0.25) is 5.02 Å². The second-order valence-corrected chi connectivity index (χ2v) is 10.5. The molecule has 33 heavy (non-hydrogen) atoms. The molecular formula is C24H27ClN4O3S. The van der Waals surface area contributed by atoms with Crippen LogP contribution < -0.4 is 0 Å². The molecular weight excluding hydrogens is 460 g/mol. The fraction of sp³-hybridized carbons (Fsp3) is 0.333. The van der Waals surface area contributed by atoms with Crippen molar-refractivity contribution in [2.75, 3.05) is 26.2 Å². The fourth-order valence-corrected chi connectivity index (χ4v) is 5.73. The molecule has 1 aromatic heterocycles. The van der Waals surface area contributed by atoms with Gasteiger partial charge in [0.2, 0.25) is 15.9 Å². The molecule has 2 aromatic carbocycles. The van der Waals surface area contributed by atoms with E-state index in [1.807, 2.05) is 48.9 Å². The Bertz CT molecular complexity index is 1230. The molecule has 1 saturated heterocycles. The van der Waals surface area contributed by atoms with Crippen LogP contribution >= 0.6 is 11.6 Å². The number of benzene rings is 2. The third-order valence-electron chi connectivity index (χ3n) is 6.07. The maximum Gasteiger partial charge on any atom is 0.243 e. The summed E-state index contributed by atoms with van der Waals surface area (Å²) in [7, 11) is -3.59. The van der Waals surface area contributed by atoms with Crippen LogP contribution in [-0.4, -0.2) is 59.5 Å². The molecule has 0 spiro atoms. The van der Waals surface area contributed by atoms with Gasteiger partial charge in [-0.15, -0.1) is 0 Å². The molecule has 0 bridgehead atoms. The lowest BCUT2D eigenvalue weighted by molar-refractivity contribution is -0.132. The number of aryl methyl sites for hydroxylation is 1. The topological polar surface area (TPSA) is 75.5 Å². The Morgan fingerprint density at radius 1 is 0.970 bits per heavy atom. The summed E-state index contributed by atoms with van der Waals surface area (Å²) in [6.45, 7) is 5.31. The molecule has 0 atom stereocenters. The van der Waals surface area contributed by atoms with Gasteiger partial charge in [-0.3, -0.25) is 4.79 Å². The number of sulfonamides is 1. The summed E-state index contributed by atoms with van der Waals surface area (Å²) in [6, 6.07) is 16.1. The lowest BCUT2D eigenvalue weighted by Gasteiger charge is -2.34. The molecule has 2 heterocycles. The second-order valence-electron chi connectivity index (χ2n) is 8.14. The first-order valence-electron chi connectivity index (χ1n) is 10.9. The lowest BCUT2D eigenvalue weighted by Crippen LogP contribution is -2.50. The minimum absolute atomic E-state index is 0.0322. The van der Waals surface area contributed by atoms with Crippen LogP contribution in [0.25, 0.3) is 5.69 Å². The summed E-state index contributed by atoms with van der Waals surface area (Å²) in [5.74, 6) is 0.0322. The molecule has 0 N–H and O–H groups in total. The predicted octanol–water partition coefficient (Wildman–Crippen LogP) is 3.61. The molecule has 1 amide bonds. The molecule has 4 rings (SSSR count). The number of amides is 1. The minimum Gasteiger partial charge on any atom is -0.340 e. The number of hydrogen-bond donors (Lipinski definition) is 0. The first kappa shape index (κ1) is 23.5. The number of rotatable bonds is 6. The van der Waals surface area contributed by atoms with Crippen molar-refractivity contribution in [1.82, 2.24) is 19.0 Å². The predicted molar refractivity (Wildman–Crippen MR) is 128 cm³/mol. The number of halogens is 1. The summed E-state index contributed by atoms with van der Waals surface area (Å²) in [4.78, 5) is 14.8. The van der Waals surface area contributed by atoms with Crippen molar-refractivity contribution in [3.63, 3.8) is 0 Å². The van der Waals surface area contributed by atoms with Crippen LogP contribution in [0, 0.1) is 13.8 Å². The second kappa shape index (κ2) is 9.67. The van der Waals surface area contributed by atoms with Gasteiger partial charge in [0.25, 0.3) is 0 Å². The molecule has 0 unspecified atom stereocenters. The Labute approximate surface area is 199 Å². The van der Waals surface area contributed by atoms with Gasteiger partial charge in [0.1, 0.15) is 0 Å². The number of hydrogen-bond acceptors (Lipinski definition) is 4. The van der Waals surface area contributed by atoms with Gasteiger partial charge in [-0.2, -0.15) is 9.40 Å². The zero-order chi connectivity index (χ0) is 23.6. The van der Waals surface area contributed by atoms with Crippen molar-refractivity contribution >= 4 is 27.5 Å². The number of carbonyl (C=O) groups excluding carboxylic acids is 1. The van der Waals surface area contributed by atoms with Gasteiger partial charge in [0.15, 0.2) is 0 Å². The van der Waals surface area contributed by atoms with Gasteiger partial charge in [0, 0.05) is 43.3 Å². The third-order valence-corrected chi connectivity index (χ3v) is 8.24. The van der Waals surface area contributed by atoms with Gasteiger partial charge >= 0.3 is 0 Å². The average Bonchev–Trinajstić information content (AvgIpc) is 3.11. The highest BCUT2D eigenvalue weighted by atomic mass is 35.5. The first-order chi connectivity index (χ1) is 15.8. The molecule has 174 valence electrons.